The number of hydrogen-bond acceptors (Lipinski definition) is 4. The molecule has 0 radical (unpaired) electrons. The van der Waals surface area contributed by atoms with Gasteiger partial charge in [-0.1, -0.05) is 45.4 Å². The van der Waals surface area contributed by atoms with E-state index in [0.29, 0.717) is 13.1 Å². The summed E-state index contributed by atoms with van der Waals surface area (Å²) in [5, 5.41) is 22.5. The minimum atomic E-state index is -0.862. The van der Waals surface area contributed by atoms with E-state index in [0.717, 1.165) is 13.0 Å². The number of rotatable bonds is 9. The van der Waals surface area contributed by atoms with Gasteiger partial charge in [0, 0.05) is 20.0 Å². The van der Waals surface area contributed by atoms with Gasteiger partial charge in [-0.25, -0.2) is 0 Å². The number of β-amino-alcohol motifs (C(OH)–C–C–N with tert-alkyl or cyclic N) is 1. The molecule has 0 bridgehead atoms. The van der Waals surface area contributed by atoms with E-state index in [2.05, 4.69) is 17.1 Å². The van der Waals surface area contributed by atoms with Gasteiger partial charge in [0.1, 0.15) is 6.10 Å². The van der Waals surface area contributed by atoms with Crippen LogP contribution in [0.5, 0.6) is 0 Å². The van der Waals surface area contributed by atoms with Crippen molar-refractivity contribution in [1.29, 1.82) is 0 Å². The van der Waals surface area contributed by atoms with E-state index >= 15 is 0 Å². The molecule has 3 atom stereocenters. The maximum absolute atomic E-state index is 11.1. The van der Waals surface area contributed by atoms with Crippen LogP contribution >= 0.6 is 0 Å². The van der Waals surface area contributed by atoms with Crippen LogP contribution in [0, 0.1) is 0 Å². The van der Waals surface area contributed by atoms with E-state index < -0.39 is 12.2 Å². The van der Waals surface area contributed by atoms with Crippen molar-refractivity contribution in [2.24, 2.45) is 0 Å². The van der Waals surface area contributed by atoms with Crippen LogP contribution in [-0.2, 0) is 4.79 Å². The first kappa shape index (κ1) is 18.4. The molecule has 0 aliphatic carbocycles. The van der Waals surface area contributed by atoms with Crippen LogP contribution in [0.4, 0.5) is 0 Å². The molecule has 21 heavy (non-hydrogen) atoms. The zero-order valence-electron chi connectivity index (χ0n) is 13.6. The maximum atomic E-state index is 11.1. The number of nitrogens with zero attached hydrogens (tertiary/aromatic N) is 1. The van der Waals surface area contributed by atoms with Gasteiger partial charge in [-0.05, 0) is 13.0 Å². The molecule has 5 nitrogen and oxygen atoms in total. The fraction of sp³-hybridized carbons (Fsp3) is 0.938. The summed E-state index contributed by atoms with van der Waals surface area (Å²) >= 11 is 0. The summed E-state index contributed by atoms with van der Waals surface area (Å²) in [5.74, 6) is -0.163. The van der Waals surface area contributed by atoms with Crippen molar-refractivity contribution < 1.29 is 15.0 Å². The quantitative estimate of drug-likeness (QED) is 0.561. The van der Waals surface area contributed by atoms with E-state index in [-0.39, 0.29) is 11.9 Å². The molecule has 3 N–H and O–H groups in total. The van der Waals surface area contributed by atoms with Crippen molar-refractivity contribution in [3.05, 3.63) is 0 Å². The lowest BCUT2D eigenvalue weighted by atomic mass is 9.99. The molecule has 0 aromatic heterocycles. The molecule has 1 aliphatic heterocycles. The highest BCUT2D eigenvalue weighted by atomic mass is 16.3. The van der Waals surface area contributed by atoms with Crippen LogP contribution in [0.3, 0.4) is 0 Å². The second kappa shape index (κ2) is 10.1. The van der Waals surface area contributed by atoms with E-state index in [1.54, 1.807) is 0 Å². The van der Waals surface area contributed by atoms with Crippen LogP contribution in [0.2, 0.25) is 0 Å². The molecule has 1 saturated heterocycles. The van der Waals surface area contributed by atoms with Crippen molar-refractivity contribution in [3.63, 3.8) is 0 Å². The van der Waals surface area contributed by atoms with Gasteiger partial charge in [0.05, 0.1) is 12.1 Å². The number of aliphatic hydroxyl groups excluding tert-OH is 2. The van der Waals surface area contributed by atoms with Crippen LogP contribution in [0.1, 0.15) is 58.8 Å². The molecule has 0 unspecified atom stereocenters. The van der Waals surface area contributed by atoms with E-state index in [1.807, 2.05) is 0 Å². The number of piperidine rings is 1. The predicted molar refractivity (Wildman–Crippen MR) is 84.1 cm³/mol. The average Bonchev–Trinajstić information content (AvgIpc) is 2.42. The van der Waals surface area contributed by atoms with Gasteiger partial charge in [0.25, 0.3) is 0 Å². The Hall–Kier alpha value is -0.650. The second-order valence-electron chi connectivity index (χ2n) is 6.25. The molecule has 0 saturated carbocycles. The van der Waals surface area contributed by atoms with Gasteiger partial charge in [-0.15, -0.1) is 0 Å². The normalized spacial score (nSPS) is 26.8. The van der Waals surface area contributed by atoms with Crippen molar-refractivity contribution >= 4 is 5.91 Å². The zero-order valence-corrected chi connectivity index (χ0v) is 13.6. The largest absolute Gasteiger partial charge is 0.389 e. The van der Waals surface area contributed by atoms with Gasteiger partial charge in [0.15, 0.2) is 0 Å². The molecule has 0 spiro atoms. The van der Waals surface area contributed by atoms with Crippen LogP contribution < -0.4 is 5.32 Å². The van der Waals surface area contributed by atoms with Gasteiger partial charge in [-0.3, -0.25) is 9.69 Å². The first-order valence-corrected chi connectivity index (χ1v) is 8.40. The van der Waals surface area contributed by atoms with Gasteiger partial charge >= 0.3 is 0 Å². The van der Waals surface area contributed by atoms with Gasteiger partial charge in [0.2, 0.25) is 5.91 Å². The Labute approximate surface area is 128 Å². The lowest BCUT2D eigenvalue weighted by molar-refractivity contribution is -0.123. The molecule has 124 valence electrons. The van der Waals surface area contributed by atoms with Crippen molar-refractivity contribution in [2.75, 3.05) is 19.6 Å². The third kappa shape index (κ3) is 7.25. The Morgan fingerprint density at radius 1 is 1.10 bits per heavy atom. The number of amides is 1. The lowest BCUT2D eigenvalue weighted by Gasteiger charge is -2.39. The number of carbonyl (C=O) groups is 1. The summed E-state index contributed by atoms with van der Waals surface area (Å²) < 4.78 is 0. The SMILES string of the molecule is CCCCCCCCCN1C[C@@H](O)[C@H](O)[C@@H](NC(C)=O)C1. The summed E-state index contributed by atoms with van der Waals surface area (Å²) in [6.07, 6.45) is 7.20. The molecular formula is C16H32N2O3. The fourth-order valence-corrected chi connectivity index (χ4v) is 2.97. The summed E-state index contributed by atoms with van der Waals surface area (Å²) in [7, 11) is 0. The summed E-state index contributed by atoms with van der Waals surface area (Å²) in [4.78, 5) is 13.3. The van der Waals surface area contributed by atoms with Crippen molar-refractivity contribution in [2.45, 2.75) is 77.0 Å². The highest BCUT2D eigenvalue weighted by Crippen LogP contribution is 2.14. The molecule has 1 amide bonds. The number of likely N-dealkylation sites (tertiary alicyclic amines) is 1. The van der Waals surface area contributed by atoms with Crippen molar-refractivity contribution in [1.82, 2.24) is 10.2 Å². The van der Waals surface area contributed by atoms with Crippen LogP contribution in [0.15, 0.2) is 0 Å². The smallest absolute Gasteiger partial charge is 0.217 e. The second-order valence-corrected chi connectivity index (χ2v) is 6.25. The molecule has 1 fully saturated rings. The molecule has 0 aromatic carbocycles. The summed E-state index contributed by atoms with van der Waals surface area (Å²) in [6.45, 7) is 5.70. The molecule has 0 aromatic rings. The van der Waals surface area contributed by atoms with Crippen molar-refractivity contribution in [3.8, 4) is 0 Å². The minimum Gasteiger partial charge on any atom is -0.389 e. The Bertz CT molecular complexity index is 299. The number of unbranched alkanes of at least 4 members (excludes halogenated alkanes) is 6. The monoisotopic (exact) mass is 300 g/mol. The van der Waals surface area contributed by atoms with Gasteiger partial charge < -0.3 is 15.5 Å². The summed E-state index contributed by atoms with van der Waals surface area (Å²) in [5.41, 5.74) is 0. The Morgan fingerprint density at radius 2 is 1.71 bits per heavy atom. The number of nitrogens with one attached hydrogen (secondary N) is 1. The zero-order chi connectivity index (χ0) is 15.7. The minimum absolute atomic E-state index is 0.163. The standard InChI is InChI=1S/C16H32N2O3/c1-3-4-5-6-7-8-9-10-18-11-14(17-13(2)19)16(21)15(20)12-18/h14-16,20-21H,3-12H2,1-2H3,(H,17,19)/t14-,15+,16+/m0/s1. The molecule has 1 rings (SSSR count). The van der Waals surface area contributed by atoms with Gasteiger partial charge in [-0.2, -0.15) is 0 Å². The molecule has 5 heteroatoms. The number of aliphatic hydroxyl groups is 2. The molecule has 1 heterocycles. The number of carbonyl (C=O) groups excluding carboxylic acids is 1. The predicted octanol–water partition coefficient (Wildman–Crippen LogP) is 1.28. The Morgan fingerprint density at radius 3 is 2.33 bits per heavy atom. The Balaban J connectivity index is 2.20. The average molecular weight is 300 g/mol. The number of hydrogen-bond donors (Lipinski definition) is 3. The highest BCUT2D eigenvalue weighted by Gasteiger charge is 2.34. The maximum Gasteiger partial charge on any atom is 0.217 e. The third-order valence-corrected chi connectivity index (χ3v) is 4.17. The van der Waals surface area contributed by atoms with E-state index in [1.165, 1.54) is 45.4 Å². The fourth-order valence-electron chi connectivity index (χ4n) is 2.97. The topological polar surface area (TPSA) is 72.8 Å². The first-order valence-electron chi connectivity index (χ1n) is 8.40. The summed E-state index contributed by atoms with van der Waals surface area (Å²) in [6, 6.07) is -0.365. The first-order chi connectivity index (χ1) is 10.0. The van der Waals surface area contributed by atoms with Crippen LogP contribution in [0.25, 0.3) is 0 Å². The molecule has 1 aliphatic rings. The lowest BCUT2D eigenvalue weighted by Crippen LogP contribution is -2.61. The highest BCUT2D eigenvalue weighted by molar-refractivity contribution is 5.73. The third-order valence-electron chi connectivity index (χ3n) is 4.17. The van der Waals surface area contributed by atoms with Crippen LogP contribution in [-0.4, -0.2) is 58.9 Å². The van der Waals surface area contributed by atoms with E-state index in [9.17, 15) is 15.0 Å². The molecular weight excluding hydrogens is 268 g/mol. The Kier molecular flexibility index (Phi) is 8.88. The van der Waals surface area contributed by atoms with E-state index in [4.69, 9.17) is 0 Å².